The molecule has 0 bridgehead atoms. The van der Waals surface area contributed by atoms with Crippen LogP contribution in [0.3, 0.4) is 0 Å². The van der Waals surface area contributed by atoms with Gasteiger partial charge in [0.25, 0.3) is 6.29 Å². The van der Waals surface area contributed by atoms with Crippen LogP contribution in [0.1, 0.15) is 100 Å². The van der Waals surface area contributed by atoms with E-state index in [0.717, 1.165) is 24.8 Å². The molecule has 0 radical (unpaired) electrons. The lowest BCUT2D eigenvalue weighted by Gasteiger charge is -2.71. The summed E-state index contributed by atoms with van der Waals surface area (Å²) >= 11 is 0. The van der Waals surface area contributed by atoms with Crippen LogP contribution < -0.4 is 0 Å². The summed E-state index contributed by atoms with van der Waals surface area (Å²) in [5, 5.41) is 0. The first-order valence-electron chi connectivity index (χ1n) is 14.5. The first-order valence-corrected chi connectivity index (χ1v) is 14.5. The van der Waals surface area contributed by atoms with Gasteiger partial charge in [-0.05, 0) is 72.5 Å². The van der Waals surface area contributed by atoms with Crippen molar-refractivity contribution in [1.82, 2.24) is 0 Å². The zero-order valence-corrected chi connectivity index (χ0v) is 24.4. The van der Waals surface area contributed by atoms with Crippen LogP contribution >= 0.6 is 0 Å². The molecule has 0 aromatic heterocycles. The number of carbonyl (C=O) groups excluding carboxylic acids is 3. The molecule has 212 valence electrons. The maximum atomic E-state index is 12.6. The Kier molecular flexibility index (Phi) is 6.51. The van der Waals surface area contributed by atoms with Gasteiger partial charge in [0.1, 0.15) is 12.2 Å². The summed E-state index contributed by atoms with van der Waals surface area (Å²) in [6.07, 6.45) is 7.25. The van der Waals surface area contributed by atoms with E-state index >= 15 is 0 Å². The molecule has 0 aromatic rings. The molecule has 1 heterocycles. The molecule has 7 nitrogen and oxygen atoms in total. The van der Waals surface area contributed by atoms with E-state index in [1.54, 1.807) is 6.26 Å². The van der Waals surface area contributed by atoms with Crippen molar-refractivity contribution in [2.24, 2.45) is 45.3 Å². The van der Waals surface area contributed by atoms with E-state index in [2.05, 4.69) is 34.6 Å². The van der Waals surface area contributed by atoms with Gasteiger partial charge in [-0.25, -0.2) is 0 Å². The van der Waals surface area contributed by atoms with Gasteiger partial charge in [-0.2, -0.15) is 0 Å². The van der Waals surface area contributed by atoms with Gasteiger partial charge in [-0.1, -0.05) is 41.0 Å². The number of hydrogen-bond donors (Lipinski definition) is 0. The molecule has 0 unspecified atom stereocenters. The second-order valence-electron chi connectivity index (χ2n) is 14.3. The van der Waals surface area contributed by atoms with Crippen molar-refractivity contribution in [2.45, 2.75) is 119 Å². The molecule has 38 heavy (non-hydrogen) atoms. The van der Waals surface area contributed by atoms with Gasteiger partial charge in [-0.3, -0.25) is 14.4 Å². The smallest absolute Gasteiger partial charge is 0.305 e. The number of fused-ring (bicyclic) bond motifs is 7. The lowest BCUT2D eigenvalue weighted by atomic mass is 9.34. The summed E-state index contributed by atoms with van der Waals surface area (Å²) in [7, 11) is 0. The van der Waals surface area contributed by atoms with Crippen LogP contribution in [0.2, 0.25) is 0 Å². The average molecular weight is 531 g/mol. The lowest BCUT2D eigenvalue weighted by molar-refractivity contribution is -0.266. The van der Waals surface area contributed by atoms with E-state index in [1.807, 2.05) is 0 Å². The van der Waals surface area contributed by atoms with Crippen LogP contribution in [0, 0.1) is 45.3 Å². The third-order valence-electron chi connectivity index (χ3n) is 11.9. The van der Waals surface area contributed by atoms with Crippen LogP contribution in [-0.2, 0) is 33.3 Å². The Hall–Kier alpha value is -2.05. The van der Waals surface area contributed by atoms with Gasteiger partial charge in [-0.15, -0.1) is 0 Å². The van der Waals surface area contributed by atoms with Gasteiger partial charge in [0, 0.05) is 31.8 Å². The summed E-state index contributed by atoms with van der Waals surface area (Å²) in [6.45, 7) is 16.3. The predicted molar refractivity (Wildman–Crippen MR) is 140 cm³/mol. The van der Waals surface area contributed by atoms with Crippen molar-refractivity contribution >= 4 is 17.9 Å². The number of esters is 3. The lowest BCUT2D eigenvalue weighted by Crippen LogP contribution is -2.69. The third-order valence-corrected chi connectivity index (χ3v) is 11.9. The Balaban J connectivity index is 1.65. The summed E-state index contributed by atoms with van der Waals surface area (Å²) in [5.41, 5.74) is 0.612. The van der Waals surface area contributed by atoms with Gasteiger partial charge in [0.15, 0.2) is 0 Å². The molecule has 4 saturated carbocycles. The minimum atomic E-state index is -0.841. The SMILES string of the molecule is CC(=O)O[C@@H]1OC=C2[C@@H](OC(C)=O)C[C@H]3[C@]4(C)CC[C@H]5C(C)(C)CCC[C@]5(C)[C@H]4C[C@H](OC(C)=O)[C@]3(C)[C@H]21. The molecule has 4 aliphatic carbocycles. The zero-order chi connectivity index (χ0) is 27.8. The molecular formula is C31H46O7. The van der Waals surface area contributed by atoms with E-state index < -0.39 is 23.8 Å². The second kappa shape index (κ2) is 8.99. The molecule has 7 heteroatoms. The average Bonchev–Trinajstić information content (AvgIpc) is 3.19. The first-order chi connectivity index (χ1) is 17.6. The molecule has 5 aliphatic rings. The maximum absolute atomic E-state index is 12.6. The molecule has 0 N–H and O–H groups in total. The molecule has 4 fully saturated rings. The molecular weight excluding hydrogens is 484 g/mol. The van der Waals surface area contributed by atoms with Crippen LogP contribution in [0.5, 0.6) is 0 Å². The minimum absolute atomic E-state index is 0.0582. The monoisotopic (exact) mass is 530 g/mol. The fraction of sp³-hybridized carbons (Fsp3) is 0.839. The Morgan fingerprint density at radius 1 is 0.789 bits per heavy atom. The van der Waals surface area contributed by atoms with E-state index in [0.29, 0.717) is 18.3 Å². The Morgan fingerprint density at radius 3 is 2.05 bits per heavy atom. The standard InChI is InChI=1S/C31H46O7/c1-17(32)36-21-14-24-30(7)13-10-22-28(4,5)11-9-12-29(22,6)23(30)15-25(37-18(2)33)31(24,8)26-20(21)16-35-27(26)38-19(3)34/h16,21-27H,9-15H2,1-8H3/t21-,22-,23+,24-,25-,26+,27-,29-,30+,31+/m0/s1. The largest absolute Gasteiger partial charge is 0.462 e. The van der Waals surface area contributed by atoms with Gasteiger partial charge >= 0.3 is 17.9 Å². The van der Waals surface area contributed by atoms with Gasteiger partial charge in [0.05, 0.1) is 12.2 Å². The fourth-order valence-electron chi connectivity index (χ4n) is 10.7. The molecule has 0 spiro atoms. The highest BCUT2D eigenvalue weighted by molar-refractivity contribution is 5.67. The Morgan fingerprint density at radius 2 is 1.42 bits per heavy atom. The topological polar surface area (TPSA) is 88.1 Å². The van der Waals surface area contributed by atoms with Crippen molar-refractivity contribution in [3.8, 4) is 0 Å². The highest BCUT2D eigenvalue weighted by Crippen LogP contribution is 2.74. The molecule has 0 saturated heterocycles. The Labute approximate surface area is 227 Å². The minimum Gasteiger partial charge on any atom is -0.462 e. The van der Waals surface area contributed by atoms with E-state index in [-0.39, 0.29) is 46.1 Å². The van der Waals surface area contributed by atoms with Gasteiger partial charge < -0.3 is 18.9 Å². The van der Waals surface area contributed by atoms with Crippen molar-refractivity contribution < 1.29 is 33.3 Å². The number of rotatable bonds is 3. The fourth-order valence-corrected chi connectivity index (χ4v) is 10.7. The van der Waals surface area contributed by atoms with Crippen LogP contribution in [0.15, 0.2) is 11.8 Å². The highest BCUT2D eigenvalue weighted by Gasteiger charge is 2.72. The molecule has 0 aromatic carbocycles. The third kappa shape index (κ3) is 3.92. The Bertz CT molecular complexity index is 1050. The highest BCUT2D eigenvalue weighted by atomic mass is 16.7. The summed E-state index contributed by atoms with van der Waals surface area (Å²) in [5.74, 6) is -0.397. The van der Waals surface area contributed by atoms with Crippen molar-refractivity contribution in [3.05, 3.63) is 11.8 Å². The van der Waals surface area contributed by atoms with Crippen LogP contribution in [-0.4, -0.2) is 36.4 Å². The van der Waals surface area contributed by atoms with Crippen LogP contribution in [0.25, 0.3) is 0 Å². The maximum Gasteiger partial charge on any atom is 0.305 e. The zero-order valence-electron chi connectivity index (χ0n) is 24.4. The quantitative estimate of drug-likeness (QED) is 0.329. The van der Waals surface area contributed by atoms with E-state index in [4.69, 9.17) is 18.9 Å². The summed E-state index contributed by atoms with van der Waals surface area (Å²) < 4.78 is 23.8. The predicted octanol–water partition coefficient (Wildman–Crippen LogP) is 5.95. The van der Waals surface area contributed by atoms with Crippen molar-refractivity contribution in [1.29, 1.82) is 0 Å². The second-order valence-corrected chi connectivity index (χ2v) is 14.3. The summed E-state index contributed by atoms with van der Waals surface area (Å²) in [4.78, 5) is 36.9. The molecule has 1 aliphatic heterocycles. The number of hydrogen-bond acceptors (Lipinski definition) is 7. The number of ether oxygens (including phenoxy) is 4. The van der Waals surface area contributed by atoms with E-state index in [1.165, 1.54) is 40.0 Å². The van der Waals surface area contributed by atoms with Gasteiger partial charge in [0.2, 0.25) is 0 Å². The molecule has 5 rings (SSSR count). The first kappa shape index (κ1) is 27.5. The number of carbonyl (C=O) groups is 3. The normalized spacial score (nSPS) is 46.6. The molecule has 10 atom stereocenters. The van der Waals surface area contributed by atoms with Crippen LogP contribution in [0.4, 0.5) is 0 Å². The summed E-state index contributed by atoms with van der Waals surface area (Å²) in [6, 6.07) is 0. The van der Waals surface area contributed by atoms with E-state index in [9.17, 15) is 14.4 Å². The molecule has 0 amide bonds. The van der Waals surface area contributed by atoms with Crippen molar-refractivity contribution in [2.75, 3.05) is 0 Å². The van der Waals surface area contributed by atoms with Crippen molar-refractivity contribution in [3.63, 3.8) is 0 Å².